The van der Waals surface area contributed by atoms with Gasteiger partial charge in [-0.2, -0.15) is 0 Å². The van der Waals surface area contributed by atoms with E-state index in [1.54, 1.807) is 32.2 Å². The van der Waals surface area contributed by atoms with Gasteiger partial charge in [0.2, 0.25) is 5.91 Å². The topological polar surface area (TPSA) is 90.7 Å². The lowest BCUT2D eigenvalue weighted by Gasteiger charge is -2.13. The van der Waals surface area contributed by atoms with Crippen LogP contribution in [-0.4, -0.2) is 17.9 Å². The first kappa shape index (κ1) is 23.0. The average molecular weight is 497 g/mol. The number of nitrogens with one attached hydrogen (secondary N) is 1. The SMILES string of the molecule is COc1cc(/C=C/C(=O)Nc2cc([N+](=O)[O-])ccc2C)cc(Br)c1OCc1ccccc1. The number of ether oxygens (including phenoxy) is 2. The van der Waals surface area contributed by atoms with Gasteiger partial charge in [-0.15, -0.1) is 0 Å². The van der Waals surface area contributed by atoms with Crippen LogP contribution >= 0.6 is 15.9 Å². The zero-order valence-corrected chi connectivity index (χ0v) is 19.1. The normalized spacial score (nSPS) is 10.7. The van der Waals surface area contributed by atoms with E-state index in [4.69, 9.17) is 9.47 Å². The third kappa shape index (κ3) is 5.95. The number of carbonyl (C=O) groups is 1. The van der Waals surface area contributed by atoms with E-state index in [0.29, 0.717) is 33.8 Å². The Labute approximate surface area is 194 Å². The second-order valence-corrected chi connectivity index (χ2v) is 7.74. The Balaban J connectivity index is 1.73. The van der Waals surface area contributed by atoms with Crippen molar-refractivity contribution in [3.63, 3.8) is 0 Å². The predicted octanol–water partition coefficient (Wildman–Crippen LogP) is 5.91. The van der Waals surface area contributed by atoms with Crippen molar-refractivity contribution in [1.29, 1.82) is 0 Å². The van der Waals surface area contributed by atoms with Gasteiger partial charge >= 0.3 is 0 Å². The van der Waals surface area contributed by atoms with Gasteiger partial charge in [0.1, 0.15) is 6.61 Å². The monoisotopic (exact) mass is 496 g/mol. The maximum atomic E-state index is 12.3. The molecule has 0 heterocycles. The highest BCUT2D eigenvalue weighted by molar-refractivity contribution is 9.10. The van der Waals surface area contributed by atoms with Crippen molar-refractivity contribution in [2.24, 2.45) is 0 Å². The van der Waals surface area contributed by atoms with Gasteiger partial charge in [-0.3, -0.25) is 14.9 Å². The summed E-state index contributed by atoms with van der Waals surface area (Å²) in [4.78, 5) is 22.8. The minimum Gasteiger partial charge on any atom is -0.493 e. The van der Waals surface area contributed by atoms with Crippen LogP contribution in [0, 0.1) is 17.0 Å². The number of nitrogens with zero attached hydrogens (tertiary/aromatic N) is 1. The fraction of sp³-hybridized carbons (Fsp3) is 0.125. The number of carbonyl (C=O) groups excluding carboxylic acids is 1. The maximum Gasteiger partial charge on any atom is 0.271 e. The molecule has 3 aromatic rings. The molecule has 0 bridgehead atoms. The molecule has 0 saturated heterocycles. The number of methoxy groups -OCH3 is 1. The van der Waals surface area contributed by atoms with Gasteiger partial charge in [-0.1, -0.05) is 36.4 Å². The largest absolute Gasteiger partial charge is 0.493 e. The Morgan fingerprint density at radius 3 is 2.59 bits per heavy atom. The molecule has 0 fully saturated rings. The summed E-state index contributed by atoms with van der Waals surface area (Å²) in [6.07, 6.45) is 2.97. The molecule has 0 aliphatic carbocycles. The molecule has 0 aromatic heterocycles. The molecule has 0 spiro atoms. The molecule has 7 nitrogen and oxygen atoms in total. The minimum absolute atomic E-state index is 0.0883. The summed E-state index contributed by atoms with van der Waals surface area (Å²) in [5, 5.41) is 13.6. The Morgan fingerprint density at radius 2 is 1.91 bits per heavy atom. The van der Waals surface area contributed by atoms with E-state index >= 15 is 0 Å². The number of nitro benzene ring substituents is 1. The van der Waals surface area contributed by atoms with Gasteiger partial charge in [0.05, 0.1) is 22.2 Å². The zero-order valence-electron chi connectivity index (χ0n) is 17.5. The molecule has 32 heavy (non-hydrogen) atoms. The summed E-state index contributed by atoms with van der Waals surface area (Å²) >= 11 is 3.50. The van der Waals surface area contributed by atoms with Crippen LogP contribution in [-0.2, 0) is 11.4 Å². The van der Waals surface area contributed by atoms with Crippen molar-refractivity contribution in [2.45, 2.75) is 13.5 Å². The standard InChI is InChI=1S/C24H21BrN2O5/c1-16-8-10-19(27(29)30)14-21(16)26-23(28)11-9-18-12-20(25)24(22(13-18)31-2)32-15-17-6-4-3-5-7-17/h3-14H,15H2,1-2H3,(H,26,28)/b11-9+. The van der Waals surface area contributed by atoms with Gasteiger partial charge in [-0.05, 0) is 57.8 Å². The lowest BCUT2D eigenvalue weighted by Crippen LogP contribution is -2.09. The Kier molecular flexibility index (Phi) is 7.62. The fourth-order valence-electron chi connectivity index (χ4n) is 2.91. The average Bonchev–Trinajstić information content (AvgIpc) is 2.78. The smallest absolute Gasteiger partial charge is 0.271 e. The van der Waals surface area contributed by atoms with Crippen LogP contribution < -0.4 is 14.8 Å². The molecule has 164 valence electrons. The number of hydrogen-bond donors (Lipinski definition) is 1. The van der Waals surface area contributed by atoms with E-state index in [1.165, 1.54) is 18.2 Å². The van der Waals surface area contributed by atoms with Crippen LogP contribution in [0.2, 0.25) is 0 Å². The van der Waals surface area contributed by atoms with Crippen molar-refractivity contribution in [3.05, 3.63) is 98.0 Å². The van der Waals surface area contributed by atoms with Gasteiger partial charge in [0, 0.05) is 18.2 Å². The Morgan fingerprint density at radius 1 is 1.16 bits per heavy atom. The first-order valence-electron chi connectivity index (χ1n) is 9.65. The van der Waals surface area contributed by atoms with Crippen molar-refractivity contribution < 1.29 is 19.2 Å². The van der Waals surface area contributed by atoms with Gasteiger partial charge in [-0.25, -0.2) is 0 Å². The van der Waals surface area contributed by atoms with E-state index in [9.17, 15) is 14.9 Å². The molecule has 0 radical (unpaired) electrons. The number of rotatable bonds is 8. The molecule has 0 saturated carbocycles. The fourth-order valence-corrected chi connectivity index (χ4v) is 3.48. The van der Waals surface area contributed by atoms with E-state index in [1.807, 2.05) is 36.4 Å². The molecule has 0 unspecified atom stereocenters. The highest BCUT2D eigenvalue weighted by atomic mass is 79.9. The van der Waals surface area contributed by atoms with Crippen LogP contribution in [0.1, 0.15) is 16.7 Å². The third-order valence-electron chi connectivity index (χ3n) is 4.59. The van der Waals surface area contributed by atoms with E-state index in [0.717, 1.165) is 11.1 Å². The number of halogens is 1. The Bertz CT molecular complexity index is 1160. The third-order valence-corrected chi connectivity index (χ3v) is 5.18. The van der Waals surface area contributed by atoms with E-state index < -0.39 is 10.8 Å². The molecule has 1 N–H and O–H groups in total. The molecule has 1 amide bonds. The van der Waals surface area contributed by atoms with Crippen LogP contribution in [0.4, 0.5) is 11.4 Å². The molecular formula is C24H21BrN2O5. The molecule has 8 heteroatoms. The number of nitro groups is 1. The van der Waals surface area contributed by atoms with Crippen molar-refractivity contribution in [1.82, 2.24) is 0 Å². The summed E-state index contributed by atoms with van der Waals surface area (Å²) < 4.78 is 12.1. The Hall–Kier alpha value is -3.65. The number of benzene rings is 3. The highest BCUT2D eigenvalue weighted by Crippen LogP contribution is 2.37. The quantitative estimate of drug-likeness (QED) is 0.238. The number of anilines is 1. The van der Waals surface area contributed by atoms with Gasteiger partial charge < -0.3 is 14.8 Å². The second-order valence-electron chi connectivity index (χ2n) is 6.89. The minimum atomic E-state index is -0.504. The van der Waals surface area contributed by atoms with Crippen LogP contribution in [0.25, 0.3) is 6.08 Å². The lowest BCUT2D eigenvalue weighted by atomic mass is 10.1. The molecular weight excluding hydrogens is 476 g/mol. The van der Waals surface area contributed by atoms with Crippen molar-refractivity contribution in [3.8, 4) is 11.5 Å². The van der Waals surface area contributed by atoms with Crippen LogP contribution in [0.3, 0.4) is 0 Å². The van der Waals surface area contributed by atoms with Crippen LogP contribution in [0.5, 0.6) is 11.5 Å². The van der Waals surface area contributed by atoms with E-state index in [2.05, 4.69) is 21.2 Å². The maximum absolute atomic E-state index is 12.3. The van der Waals surface area contributed by atoms with Crippen molar-refractivity contribution in [2.75, 3.05) is 12.4 Å². The lowest BCUT2D eigenvalue weighted by molar-refractivity contribution is -0.384. The first-order chi connectivity index (χ1) is 15.4. The summed E-state index contributed by atoms with van der Waals surface area (Å²) in [6, 6.07) is 17.7. The summed E-state index contributed by atoms with van der Waals surface area (Å²) in [6.45, 7) is 2.15. The second kappa shape index (κ2) is 10.6. The summed E-state index contributed by atoms with van der Waals surface area (Å²) in [5.41, 5.74) is 2.76. The number of aryl methyl sites for hydroxylation is 1. The number of hydrogen-bond acceptors (Lipinski definition) is 5. The van der Waals surface area contributed by atoms with Gasteiger partial charge in [0.15, 0.2) is 11.5 Å². The molecule has 0 atom stereocenters. The molecule has 3 rings (SSSR count). The van der Waals surface area contributed by atoms with Crippen LogP contribution in [0.15, 0.2) is 71.2 Å². The summed E-state index contributed by atoms with van der Waals surface area (Å²) in [5.74, 6) is 0.670. The highest BCUT2D eigenvalue weighted by Gasteiger charge is 2.12. The molecule has 0 aliphatic heterocycles. The van der Waals surface area contributed by atoms with Gasteiger partial charge in [0.25, 0.3) is 5.69 Å². The van der Waals surface area contributed by atoms with E-state index in [-0.39, 0.29) is 5.69 Å². The molecule has 3 aromatic carbocycles. The first-order valence-corrected chi connectivity index (χ1v) is 10.4. The number of amides is 1. The summed E-state index contributed by atoms with van der Waals surface area (Å²) in [7, 11) is 1.54. The zero-order chi connectivity index (χ0) is 23.1. The number of non-ortho nitro benzene ring substituents is 1. The predicted molar refractivity (Wildman–Crippen MR) is 127 cm³/mol. The van der Waals surface area contributed by atoms with Crippen molar-refractivity contribution >= 4 is 39.3 Å². The molecule has 0 aliphatic rings.